The number of benzene rings is 1. The highest BCUT2D eigenvalue weighted by Crippen LogP contribution is 2.27. The third-order valence-electron chi connectivity index (χ3n) is 2.89. The van der Waals surface area contributed by atoms with Crippen molar-refractivity contribution in [3.63, 3.8) is 0 Å². The Morgan fingerprint density at radius 3 is 2.38 bits per heavy atom. The van der Waals surface area contributed by atoms with Crippen LogP contribution in [0.25, 0.3) is 0 Å². The molecule has 2 rings (SSSR count). The molecular formula is C12H13BO2S. The third-order valence-corrected chi connectivity index (χ3v) is 5.31. The smallest absolute Gasteiger partial charge is 0.180 e. The van der Waals surface area contributed by atoms with Crippen molar-refractivity contribution in [2.45, 2.75) is 16.5 Å². The molecule has 0 aliphatic carbocycles. The Labute approximate surface area is 96.8 Å². The summed E-state index contributed by atoms with van der Waals surface area (Å²) in [5.41, 5.74) is 0. The van der Waals surface area contributed by atoms with Gasteiger partial charge in [-0.2, -0.15) is 0 Å². The fourth-order valence-electron chi connectivity index (χ4n) is 1.78. The predicted molar refractivity (Wildman–Crippen MR) is 67.5 cm³/mol. The summed E-state index contributed by atoms with van der Waals surface area (Å²) in [5.74, 6) is 1.89. The van der Waals surface area contributed by atoms with E-state index in [-0.39, 0.29) is 0 Å². The lowest BCUT2D eigenvalue weighted by Crippen LogP contribution is -2.39. The Balaban J connectivity index is 2.48. The number of sulfone groups is 1. The maximum Gasteiger partial charge on any atom is 0.180 e. The van der Waals surface area contributed by atoms with E-state index in [0.717, 1.165) is 0 Å². The molecule has 0 aromatic heterocycles. The molecule has 0 N–H and O–H groups in total. The van der Waals surface area contributed by atoms with Gasteiger partial charge in [0.2, 0.25) is 0 Å². The molecule has 0 amide bonds. The third kappa shape index (κ3) is 1.73. The van der Waals surface area contributed by atoms with Crippen LogP contribution in [-0.4, -0.2) is 20.3 Å². The SMILES string of the molecule is CC1(S(=O)(=O)c2ccccc2)BC=CC=C1. The second-order valence-corrected chi connectivity index (χ2v) is 6.53. The summed E-state index contributed by atoms with van der Waals surface area (Å²) in [7, 11) is -2.77. The fourth-order valence-corrected chi connectivity index (χ4v) is 3.40. The monoisotopic (exact) mass is 232 g/mol. The van der Waals surface area contributed by atoms with Crippen molar-refractivity contribution in [3.8, 4) is 0 Å². The molecule has 2 nitrogen and oxygen atoms in total. The van der Waals surface area contributed by atoms with Gasteiger partial charge in [-0.25, -0.2) is 8.42 Å². The zero-order chi connectivity index (χ0) is 11.6. The Kier molecular flexibility index (Phi) is 2.76. The van der Waals surface area contributed by atoms with Crippen molar-refractivity contribution in [1.82, 2.24) is 0 Å². The van der Waals surface area contributed by atoms with E-state index < -0.39 is 14.5 Å². The van der Waals surface area contributed by atoms with Gasteiger partial charge in [-0.3, -0.25) is 0 Å². The Hall–Kier alpha value is -1.29. The highest BCUT2D eigenvalue weighted by atomic mass is 32.2. The van der Waals surface area contributed by atoms with Gasteiger partial charge in [-0.05, 0) is 19.1 Å². The van der Waals surface area contributed by atoms with E-state index in [2.05, 4.69) is 0 Å². The van der Waals surface area contributed by atoms with Crippen molar-refractivity contribution in [3.05, 3.63) is 54.5 Å². The first-order valence-electron chi connectivity index (χ1n) is 5.20. The van der Waals surface area contributed by atoms with Crippen LogP contribution in [0, 0.1) is 0 Å². The molecule has 1 aromatic carbocycles. The fraction of sp³-hybridized carbons (Fsp3) is 0.167. The van der Waals surface area contributed by atoms with Crippen molar-refractivity contribution >= 4 is 17.1 Å². The van der Waals surface area contributed by atoms with Crippen LogP contribution in [0.4, 0.5) is 0 Å². The van der Waals surface area contributed by atoms with Gasteiger partial charge in [0.1, 0.15) is 0 Å². The van der Waals surface area contributed by atoms with Crippen LogP contribution < -0.4 is 0 Å². The first kappa shape index (κ1) is 11.2. The Morgan fingerprint density at radius 1 is 1.12 bits per heavy atom. The summed E-state index contributed by atoms with van der Waals surface area (Å²) < 4.78 is 24.0. The minimum absolute atomic E-state index is 0.387. The molecule has 1 unspecified atom stereocenters. The van der Waals surface area contributed by atoms with Gasteiger partial charge in [-0.15, -0.1) is 5.98 Å². The zero-order valence-electron chi connectivity index (χ0n) is 9.13. The molecular weight excluding hydrogens is 219 g/mol. The topological polar surface area (TPSA) is 34.1 Å². The van der Waals surface area contributed by atoms with E-state index in [0.29, 0.717) is 12.2 Å². The van der Waals surface area contributed by atoms with E-state index in [1.54, 1.807) is 43.3 Å². The van der Waals surface area contributed by atoms with Gasteiger partial charge >= 0.3 is 0 Å². The van der Waals surface area contributed by atoms with Gasteiger partial charge in [0.05, 0.1) is 9.54 Å². The molecule has 1 aliphatic heterocycles. The van der Waals surface area contributed by atoms with Crippen LogP contribution >= 0.6 is 0 Å². The lowest BCUT2D eigenvalue weighted by molar-refractivity contribution is 0.586. The Morgan fingerprint density at radius 2 is 1.81 bits per heavy atom. The first-order chi connectivity index (χ1) is 7.56. The van der Waals surface area contributed by atoms with Gasteiger partial charge < -0.3 is 0 Å². The molecule has 0 saturated carbocycles. The quantitative estimate of drug-likeness (QED) is 0.727. The van der Waals surface area contributed by atoms with Gasteiger partial charge in [-0.1, -0.05) is 36.4 Å². The molecule has 0 spiro atoms. The van der Waals surface area contributed by atoms with E-state index >= 15 is 0 Å². The van der Waals surface area contributed by atoms with E-state index in [9.17, 15) is 8.42 Å². The molecule has 16 heavy (non-hydrogen) atoms. The molecule has 0 bridgehead atoms. The minimum atomic E-state index is -3.30. The summed E-state index contributed by atoms with van der Waals surface area (Å²) >= 11 is 0. The molecule has 1 aliphatic rings. The zero-order valence-corrected chi connectivity index (χ0v) is 9.94. The highest BCUT2D eigenvalue weighted by Gasteiger charge is 2.38. The normalized spacial score (nSPS) is 24.1. The highest BCUT2D eigenvalue weighted by molar-refractivity contribution is 7.94. The molecule has 0 fully saturated rings. The maximum absolute atomic E-state index is 12.4. The number of allylic oxidation sites excluding steroid dienone is 2. The van der Waals surface area contributed by atoms with E-state index in [1.165, 1.54) is 0 Å². The second-order valence-electron chi connectivity index (χ2n) is 4.12. The predicted octanol–water partition coefficient (Wildman–Crippen LogP) is 1.70. The number of hydrogen-bond acceptors (Lipinski definition) is 2. The van der Waals surface area contributed by atoms with Crippen LogP contribution in [0.2, 0.25) is 0 Å². The summed E-state index contributed by atoms with van der Waals surface area (Å²) in [6, 6.07) is 8.61. The number of rotatable bonds is 2. The van der Waals surface area contributed by atoms with Crippen molar-refractivity contribution in [1.29, 1.82) is 0 Å². The average molecular weight is 232 g/mol. The summed E-state index contributed by atoms with van der Waals surface area (Å²) in [6.45, 7) is 1.76. The van der Waals surface area contributed by atoms with E-state index in [4.69, 9.17) is 0 Å². The van der Waals surface area contributed by atoms with Crippen LogP contribution in [0.15, 0.2) is 59.4 Å². The average Bonchev–Trinajstić information content (AvgIpc) is 2.31. The van der Waals surface area contributed by atoms with Gasteiger partial charge in [0.25, 0.3) is 0 Å². The first-order valence-corrected chi connectivity index (χ1v) is 6.69. The molecule has 1 heterocycles. The largest absolute Gasteiger partial charge is 0.224 e. The Bertz CT molecular complexity index is 531. The summed E-state index contributed by atoms with van der Waals surface area (Å²) in [4.78, 5) is 0.387. The maximum atomic E-state index is 12.4. The molecule has 1 aromatic rings. The lowest BCUT2D eigenvalue weighted by atomic mass is 9.62. The standard InChI is InChI=1S/C12H13BO2S/c1-12(9-5-6-10-13-12)16(14,15)11-7-3-2-4-8-11/h2-10,13H,1H3. The second kappa shape index (κ2) is 3.94. The van der Waals surface area contributed by atoms with Gasteiger partial charge in [0, 0.05) is 0 Å². The van der Waals surface area contributed by atoms with Crippen molar-refractivity contribution in [2.75, 3.05) is 0 Å². The molecule has 1 atom stereocenters. The summed E-state index contributed by atoms with van der Waals surface area (Å²) in [6.07, 6.45) is 5.43. The molecule has 0 radical (unpaired) electrons. The molecule has 82 valence electrons. The summed E-state index contributed by atoms with van der Waals surface area (Å²) in [5, 5.41) is 0. The van der Waals surface area contributed by atoms with Crippen molar-refractivity contribution < 1.29 is 8.42 Å². The molecule has 0 saturated heterocycles. The van der Waals surface area contributed by atoms with E-state index in [1.807, 2.05) is 18.1 Å². The van der Waals surface area contributed by atoms with Crippen LogP contribution in [-0.2, 0) is 9.84 Å². The van der Waals surface area contributed by atoms with Crippen LogP contribution in [0.1, 0.15) is 6.92 Å². The minimum Gasteiger partial charge on any atom is -0.224 e. The number of hydrogen-bond donors (Lipinski definition) is 0. The van der Waals surface area contributed by atoms with Gasteiger partial charge in [0.15, 0.2) is 17.1 Å². The van der Waals surface area contributed by atoms with Crippen molar-refractivity contribution in [2.24, 2.45) is 0 Å². The molecule has 4 heteroatoms. The van der Waals surface area contributed by atoms with Crippen LogP contribution in [0.3, 0.4) is 0 Å². The van der Waals surface area contributed by atoms with Crippen LogP contribution in [0.5, 0.6) is 0 Å². The lowest BCUT2D eigenvalue weighted by Gasteiger charge is -2.25.